The molecule has 0 aliphatic carbocycles. The number of carbonyl (C=O) groups is 1. The maximum atomic E-state index is 13.0. The first-order valence-electron chi connectivity index (χ1n) is 9.07. The Labute approximate surface area is 151 Å². The Balaban J connectivity index is 2.09. The Morgan fingerprint density at radius 1 is 1.32 bits per heavy atom. The Morgan fingerprint density at radius 3 is 2.72 bits per heavy atom. The van der Waals surface area contributed by atoms with Gasteiger partial charge in [-0.2, -0.15) is 4.31 Å². The standard InChI is InChI=1S/C19H30N2O3S/c1-14(2)9-10-20-19(22)17-6-5-11-21(13-17)25(23,24)18-12-15(3)7-8-16(18)4/h7-8,12,14,17H,5-6,9-11,13H2,1-4H3,(H,20,22)/t17-/m0/s1. The fraction of sp³-hybridized carbons (Fsp3) is 0.632. The van der Waals surface area contributed by atoms with Crippen LogP contribution in [0.4, 0.5) is 0 Å². The van der Waals surface area contributed by atoms with E-state index in [1.807, 2.05) is 26.0 Å². The second-order valence-corrected chi connectivity index (χ2v) is 9.35. The van der Waals surface area contributed by atoms with Gasteiger partial charge in [-0.25, -0.2) is 8.42 Å². The molecule has 1 atom stereocenters. The Hall–Kier alpha value is -1.40. The molecule has 140 valence electrons. The third-order valence-electron chi connectivity index (χ3n) is 4.74. The Bertz CT molecular complexity index is 713. The molecule has 1 amide bonds. The predicted molar refractivity (Wildman–Crippen MR) is 99.9 cm³/mol. The van der Waals surface area contributed by atoms with Crippen molar-refractivity contribution in [1.29, 1.82) is 0 Å². The first-order valence-corrected chi connectivity index (χ1v) is 10.5. The Morgan fingerprint density at radius 2 is 2.04 bits per heavy atom. The molecule has 1 aromatic rings. The van der Waals surface area contributed by atoms with Crippen LogP contribution >= 0.6 is 0 Å². The van der Waals surface area contributed by atoms with Gasteiger partial charge in [0.25, 0.3) is 0 Å². The SMILES string of the molecule is Cc1ccc(C)c(S(=O)(=O)N2CCC[C@H](C(=O)NCCC(C)C)C2)c1. The highest BCUT2D eigenvalue weighted by Gasteiger charge is 2.33. The van der Waals surface area contributed by atoms with Gasteiger partial charge in [0.1, 0.15) is 0 Å². The van der Waals surface area contributed by atoms with Crippen LogP contribution in [0, 0.1) is 25.7 Å². The molecule has 0 saturated carbocycles. The molecule has 0 unspecified atom stereocenters. The number of piperidine rings is 1. The molecule has 2 rings (SSSR count). The highest BCUT2D eigenvalue weighted by atomic mass is 32.2. The van der Waals surface area contributed by atoms with Gasteiger partial charge in [-0.05, 0) is 56.2 Å². The first-order chi connectivity index (χ1) is 11.7. The topological polar surface area (TPSA) is 66.5 Å². The second-order valence-electron chi connectivity index (χ2n) is 7.44. The lowest BCUT2D eigenvalue weighted by Crippen LogP contribution is -2.45. The van der Waals surface area contributed by atoms with Crippen LogP contribution in [0.1, 0.15) is 44.2 Å². The predicted octanol–water partition coefficient (Wildman–Crippen LogP) is 2.87. The van der Waals surface area contributed by atoms with E-state index < -0.39 is 10.0 Å². The van der Waals surface area contributed by atoms with Crippen LogP contribution in [0.3, 0.4) is 0 Å². The number of amides is 1. The number of aryl methyl sites for hydroxylation is 2. The summed E-state index contributed by atoms with van der Waals surface area (Å²) in [5.74, 6) is 0.246. The minimum Gasteiger partial charge on any atom is -0.356 e. The van der Waals surface area contributed by atoms with E-state index >= 15 is 0 Å². The van der Waals surface area contributed by atoms with Gasteiger partial charge in [0.2, 0.25) is 15.9 Å². The molecule has 0 spiro atoms. The van der Waals surface area contributed by atoms with Gasteiger partial charge < -0.3 is 5.32 Å². The zero-order valence-electron chi connectivity index (χ0n) is 15.7. The van der Waals surface area contributed by atoms with Crippen molar-refractivity contribution in [3.63, 3.8) is 0 Å². The minimum absolute atomic E-state index is 0.0264. The lowest BCUT2D eigenvalue weighted by molar-refractivity contribution is -0.126. The van der Waals surface area contributed by atoms with Crippen molar-refractivity contribution in [3.05, 3.63) is 29.3 Å². The average molecular weight is 367 g/mol. The smallest absolute Gasteiger partial charge is 0.243 e. The van der Waals surface area contributed by atoms with Crippen LogP contribution in [-0.4, -0.2) is 38.3 Å². The van der Waals surface area contributed by atoms with Crippen LogP contribution in [0.2, 0.25) is 0 Å². The molecular formula is C19H30N2O3S. The van der Waals surface area contributed by atoms with Crippen LogP contribution in [-0.2, 0) is 14.8 Å². The number of rotatable bonds is 6. The molecule has 0 radical (unpaired) electrons. The van der Waals surface area contributed by atoms with Crippen molar-refractivity contribution in [3.8, 4) is 0 Å². The fourth-order valence-corrected chi connectivity index (χ4v) is 4.96. The van der Waals surface area contributed by atoms with E-state index in [2.05, 4.69) is 19.2 Å². The highest BCUT2D eigenvalue weighted by molar-refractivity contribution is 7.89. The maximum Gasteiger partial charge on any atom is 0.243 e. The van der Waals surface area contributed by atoms with Gasteiger partial charge in [0, 0.05) is 19.6 Å². The van der Waals surface area contributed by atoms with E-state index in [0.29, 0.717) is 30.3 Å². The van der Waals surface area contributed by atoms with E-state index in [1.165, 1.54) is 4.31 Å². The zero-order valence-corrected chi connectivity index (χ0v) is 16.5. The molecule has 1 aromatic carbocycles. The average Bonchev–Trinajstić information content (AvgIpc) is 2.56. The summed E-state index contributed by atoms with van der Waals surface area (Å²) in [6.07, 6.45) is 2.39. The molecule has 1 aliphatic rings. The van der Waals surface area contributed by atoms with Crippen LogP contribution in [0.25, 0.3) is 0 Å². The molecule has 5 nitrogen and oxygen atoms in total. The van der Waals surface area contributed by atoms with Gasteiger partial charge in [-0.3, -0.25) is 4.79 Å². The van der Waals surface area contributed by atoms with Crippen molar-refractivity contribution in [1.82, 2.24) is 9.62 Å². The summed E-state index contributed by atoms with van der Waals surface area (Å²) in [6.45, 7) is 9.33. The normalized spacial score (nSPS) is 19.2. The highest BCUT2D eigenvalue weighted by Crippen LogP contribution is 2.26. The van der Waals surface area contributed by atoms with Crippen LogP contribution in [0.5, 0.6) is 0 Å². The summed E-state index contributed by atoms with van der Waals surface area (Å²) >= 11 is 0. The monoisotopic (exact) mass is 366 g/mol. The zero-order chi connectivity index (χ0) is 18.6. The molecule has 1 fully saturated rings. The molecule has 6 heteroatoms. The molecule has 1 heterocycles. The molecule has 1 saturated heterocycles. The van der Waals surface area contributed by atoms with Crippen molar-refractivity contribution >= 4 is 15.9 Å². The molecule has 25 heavy (non-hydrogen) atoms. The van der Waals surface area contributed by atoms with Crippen LogP contribution in [0.15, 0.2) is 23.1 Å². The first kappa shape index (κ1) is 19.9. The number of carbonyl (C=O) groups excluding carboxylic acids is 1. The summed E-state index contributed by atoms with van der Waals surface area (Å²) in [4.78, 5) is 12.7. The van der Waals surface area contributed by atoms with Crippen molar-refractivity contribution < 1.29 is 13.2 Å². The van der Waals surface area contributed by atoms with E-state index in [-0.39, 0.29) is 18.4 Å². The molecule has 1 aliphatic heterocycles. The number of nitrogens with zero attached hydrogens (tertiary/aromatic N) is 1. The molecule has 0 bridgehead atoms. The lowest BCUT2D eigenvalue weighted by atomic mass is 9.98. The van der Waals surface area contributed by atoms with Crippen molar-refractivity contribution in [2.24, 2.45) is 11.8 Å². The number of sulfonamides is 1. The molecule has 1 N–H and O–H groups in total. The van der Waals surface area contributed by atoms with Gasteiger partial charge in [0.05, 0.1) is 10.8 Å². The quantitative estimate of drug-likeness (QED) is 0.842. The van der Waals surface area contributed by atoms with Crippen molar-refractivity contribution in [2.45, 2.75) is 51.9 Å². The summed E-state index contributed by atoms with van der Waals surface area (Å²) in [5, 5.41) is 2.96. The summed E-state index contributed by atoms with van der Waals surface area (Å²) < 4.78 is 27.5. The molecular weight excluding hydrogens is 336 g/mol. The van der Waals surface area contributed by atoms with Crippen LogP contribution < -0.4 is 5.32 Å². The number of benzene rings is 1. The van der Waals surface area contributed by atoms with Gasteiger partial charge in [-0.1, -0.05) is 26.0 Å². The third kappa shape index (κ3) is 5.05. The van der Waals surface area contributed by atoms with E-state index in [9.17, 15) is 13.2 Å². The van der Waals surface area contributed by atoms with E-state index in [0.717, 1.165) is 24.0 Å². The Kier molecular flexibility index (Phi) is 6.63. The van der Waals surface area contributed by atoms with E-state index in [4.69, 9.17) is 0 Å². The second kappa shape index (κ2) is 8.32. The van der Waals surface area contributed by atoms with Gasteiger partial charge in [0.15, 0.2) is 0 Å². The van der Waals surface area contributed by atoms with Gasteiger partial charge in [-0.15, -0.1) is 0 Å². The lowest BCUT2D eigenvalue weighted by Gasteiger charge is -2.31. The summed E-state index contributed by atoms with van der Waals surface area (Å²) in [6, 6.07) is 5.47. The largest absolute Gasteiger partial charge is 0.356 e. The number of nitrogens with one attached hydrogen (secondary N) is 1. The number of hydrogen-bond acceptors (Lipinski definition) is 3. The minimum atomic E-state index is -3.56. The fourth-order valence-electron chi connectivity index (χ4n) is 3.13. The van der Waals surface area contributed by atoms with E-state index in [1.54, 1.807) is 6.07 Å². The maximum absolute atomic E-state index is 13.0. The third-order valence-corrected chi connectivity index (χ3v) is 6.74. The number of hydrogen-bond donors (Lipinski definition) is 1. The molecule has 0 aromatic heterocycles. The van der Waals surface area contributed by atoms with Gasteiger partial charge >= 0.3 is 0 Å². The van der Waals surface area contributed by atoms with Crippen molar-refractivity contribution in [2.75, 3.05) is 19.6 Å². The summed E-state index contributed by atoms with van der Waals surface area (Å²) in [5.41, 5.74) is 1.67. The summed E-state index contributed by atoms with van der Waals surface area (Å²) in [7, 11) is -3.56.